The van der Waals surface area contributed by atoms with Crippen LogP contribution in [0, 0.1) is 27.7 Å². The molecule has 6 bridgehead atoms. The molecule has 4 aliphatic rings. The van der Waals surface area contributed by atoms with Gasteiger partial charge in [-0.15, -0.1) is 0 Å². The first-order chi connectivity index (χ1) is 39.8. The zero-order valence-electron chi connectivity index (χ0n) is 45.5. The minimum atomic E-state index is -3.64. The van der Waals surface area contributed by atoms with E-state index >= 15 is 0 Å². The number of rotatable bonds is 8. The van der Waals surface area contributed by atoms with E-state index < -0.39 is 46.2 Å². The van der Waals surface area contributed by atoms with E-state index in [-0.39, 0.29) is 0 Å². The first-order valence-corrected chi connectivity index (χ1v) is 37.0. The minimum absolute atomic E-state index is 0.443. The average Bonchev–Trinajstić information content (AvgIpc) is 2.74. The van der Waals surface area contributed by atoms with E-state index in [1.165, 1.54) is 27.1 Å². The number of fused-ring (bicyclic) bond motifs is 14. The Morgan fingerprint density at radius 2 is 0.795 bits per heavy atom. The van der Waals surface area contributed by atoms with Gasteiger partial charge in [0.1, 0.15) is 0 Å². The fraction of sp³-hybridized carbons (Fsp3) is 0.113. The fourth-order valence-corrected chi connectivity index (χ4v) is 18.7. The summed E-state index contributed by atoms with van der Waals surface area (Å²) >= 11 is 4.70. The number of anilines is 1. The molecule has 414 valence electrons. The number of aryl methyl sites for hydroxylation is 4. The second kappa shape index (κ2) is 23.4. The molecule has 6 heterocycles. The molecule has 0 saturated heterocycles. The van der Waals surface area contributed by atoms with E-state index in [1.807, 2.05) is 0 Å². The Labute approximate surface area is 508 Å². The molecule has 5 N–H and O–H groups in total. The first kappa shape index (κ1) is 57.3. The standard InChI is InChI=1S/C60H42N8S4.2CH5O3P.Pb/c1-33-13-21-37(22-14-33)69-45-29-30-46(70-38-23-15-34(2)16-24-38)50-49(45)57-63-53-41-9-5-6-10-42(41)55(61-53)65-59-51-47(71-39-25-17-35(3)18-26-39)31-32-48(72-40-27-19-36(4)20-28-40)52(51)60(68-59)66-56-44-12-8-7-11-43(44)54(62-56)64-58(50)67-57;2*1-5(2,3)4;/h5-32,57,63H,1-4H3;2*1H3,(H2,2,3,4);/q-2;;;+2. The number of aliphatic imine (C=N–C) groups is 3. The maximum absolute atomic E-state index is 9.33. The number of nitrogens with zero attached hydrogens (tertiary/aromatic N) is 7. The van der Waals surface area contributed by atoms with Crippen molar-refractivity contribution in [2.45, 2.75) is 73.0 Å². The second-order valence-electron chi connectivity index (χ2n) is 20.3. The molecule has 2 aromatic heterocycles. The number of hydrogen-bond acceptors (Lipinski definition) is 12. The summed E-state index contributed by atoms with van der Waals surface area (Å²) in [4.78, 5) is 68.2. The fourth-order valence-electron chi connectivity index (χ4n) is 9.82. The zero-order chi connectivity index (χ0) is 57.9. The Balaban J connectivity index is 0.000000629. The van der Waals surface area contributed by atoms with Crippen molar-refractivity contribution < 1.29 is 28.7 Å². The van der Waals surface area contributed by atoms with Crippen molar-refractivity contribution in [1.82, 2.24) is 4.75 Å². The van der Waals surface area contributed by atoms with E-state index in [2.05, 4.69) is 208 Å². The number of hydrogen-bond donors (Lipinski definition) is 5. The number of nitrogens with one attached hydrogen (secondary N) is 1. The molecule has 0 saturated carbocycles. The Hall–Kier alpha value is -6.13. The summed E-state index contributed by atoms with van der Waals surface area (Å²) in [5, 5.41) is 8.34. The molecule has 2 radical (unpaired) electrons. The summed E-state index contributed by atoms with van der Waals surface area (Å²) in [6, 6.07) is 61.5. The summed E-state index contributed by atoms with van der Waals surface area (Å²) < 4.78 is 23.6. The first-order valence-electron chi connectivity index (χ1n) is 26.1. The van der Waals surface area contributed by atoms with E-state index in [1.54, 1.807) is 47.0 Å². The van der Waals surface area contributed by atoms with Crippen molar-refractivity contribution in [2.24, 2.45) is 25.0 Å². The Morgan fingerprint density at radius 3 is 1.24 bits per heavy atom. The zero-order valence-corrected chi connectivity index (χ0v) is 54.4. The molecule has 0 amide bonds. The third-order valence-corrected chi connectivity index (χ3v) is 22.7. The maximum atomic E-state index is 9.33. The van der Waals surface area contributed by atoms with Gasteiger partial charge in [0.15, 0.2) is 0 Å². The molecule has 1 unspecified atom stereocenters. The SMILES string of the molecule is CP(=O)(O)O.CP(=O)(O)O.Cc1ccc(Sc2ccc(Sc3ccc(C)cc3)c3c2C2=NC3=Nc3c4ccccc4c4[n]3[Pb][n]3c(c5ccccc5c3=NC3=NC(N4)c4c(Sc5ccc(C)cc5)ccc(Sc5ccc(C)cc5)c43)=N2)cc1. The van der Waals surface area contributed by atoms with Crippen LogP contribution >= 0.6 is 62.2 Å². The van der Waals surface area contributed by atoms with E-state index in [0.717, 1.165) is 114 Å². The predicted molar refractivity (Wildman–Crippen MR) is 338 cm³/mol. The Bertz CT molecular complexity index is 4540. The van der Waals surface area contributed by atoms with Crippen molar-refractivity contribution in [1.29, 1.82) is 0 Å². The van der Waals surface area contributed by atoms with Gasteiger partial charge in [-0.3, -0.25) is 9.13 Å². The monoisotopic (exact) mass is 1400 g/mol. The van der Waals surface area contributed by atoms with Crippen LogP contribution in [0.4, 0.5) is 11.6 Å². The van der Waals surface area contributed by atoms with Crippen LogP contribution in [0.5, 0.6) is 0 Å². The molecule has 0 fully saturated rings. The Morgan fingerprint density at radius 1 is 0.434 bits per heavy atom. The van der Waals surface area contributed by atoms with Gasteiger partial charge in [-0.2, -0.15) is 0 Å². The Kier molecular flexibility index (Phi) is 16.1. The predicted octanol–water partition coefficient (Wildman–Crippen LogP) is 13.9. The summed E-state index contributed by atoms with van der Waals surface area (Å²) in [5.41, 5.74) is 10.8. The topological polar surface area (TPSA) is 199 Å². The van der Waals surface area contributed by atoms with Crippen molar-refractivity contribution in [3.05, 3.63) is 225 Å². The summed E-state index contributed by atoms with van der Waals surface area (Å²) in [7, 11) is -7.28. The van der Waals surface area contributed by atoms with Gasteiger partial charge in [-0.1, -0.05) is 0 Å². The molecule has 10 aromatic rings. The third-order valence-electron chi connectivity index (χ3n) is 13.5. The van der Waals surface area contributed by atoms with Crippen molar-refractivity contribution >= 4 is 138 Å². The van der Waals surface area contributed by atoms with Crippen molar-refractivity contribution in [3.63, 3.8) is 0 Å². The third kappa shape index (κ3) is 12.5. The molecular weight excluding hydrogens is 1350 g/mol. The number of aromatic nitrogens is 2. The van der Waals surface area contributed by atoms with Gasteiger partial charge in [0.2, 0.25) is 0 Å². The van der Waals surface area contributed by atoms with Crippen LogP contribution in [0.25, 0.3) is 21.5 Å². The second-order valence-corrected chi connectivity index (χ2v) is 32.3. The van der Waals surface area contributed by atoms with Gasteiger partial charge >= 0.3 is 471 Å². The van der Waals surface area contributed by atoms with Gasteiger partial charge in [0.05, 0.1) is 0 Å². The quantitative estimate of drug-likeness (QED) is 0.0716. The van der Waals surface area contributed by atoms with Crippen molar-refractivity contribution in [2.75, 3.05) is 18.6 Å². The normalized spacial score (nSPS) is 14.5. The molecule has 8 aromatic carbocycles. The number of amidine groups is 3. The van der Waals surface area contributed by atoms with E-state index in [4.69, 9.17) is 44.5 Å². The molecule has 0 aliphatic carbocycles. The van der Waals surface area contributed by atoms with Crippen LogP contribution < -0.4 is 16.3 Å². The van der Waals surface area contributed by atoms with Crippen molar-refractivity contribution in [3.8, 4) is 0 Å². The molecule has 21 heteroatoms. The number of benzene rings is 8. The van der Waals surface area contributed by atoms with Gasteiger partial charge < -0.3 is 19.6 Å². The van der Waals surface area contributed by atoms with Crippen LogP contribution in [0.3, 0.4) is 0 Å². The van der Waals surface area contributed by atoms with Gasteiger partial charge in [-0.25, -0.2) is 0 Å². The molecule has 14 rings (SSSR count). The molecule has 14 nitrogen and oxygen atoms in total. The van der Waals surface area contributed by atoms with Crippen LogP contribution in [0.15, 0.2) is 234 Å². The summed E-state index contributed by atoms with van der Waals surface area (Å²) in [6.07, 6.45) is -0.443. The van der Waals surface area contributed by atoms with Crippen LogP contribution in [-0.2, 0) is 9.13 Å². The average molecular weight is 1400 g/mol. The molecule has 83 heavy (non-hydrogen) atoms. The summed E-state index contributed by atoms with van der Waals surface area (Å²) in [5.74, 6) is 3.91. The van der Waals surface area contributed by atoms with E-state index in [9.17, 15) is 9.13 Å². The van der Waals surface area contributed by atoms with Crippen LogP contribution in [0.2, 0.25) is 0 Å². The van der Waals surface area contributed by atoms with Crippen LogP contribution in [0.1, 0.15) is 50.7 Å². The van der Waals surface area contributed by atoms with Gasteiger partial charge in [0.25, 0.3) is 0 Å². The van der Waals surface area contributed by atoms with Gasteiger partial charge in [0, 0.05) is 13.3 Å². The molecule has 4 aliphatic heterocycles. The molecule has 0 spiro atoms. The summed E-state index contributed by atoms with van der Waals surface area (Å²) in [6.45, 7) is 10.2. The molecular formula is C62H52N8O6P2PbS4. The van der Waals surface area contributed by atoms with Gasteiger partial charge in [-0.05, 0) is 0 Å². The van der Waals surface area contributed by atoms with E-state index in [0.29, 0.717) is 17.5 Å². The molecule has 1 atom stereocenters. The van der Waals surface area contributed by atoms with Crippen LogP contribution in [-0.4, -0.2) is 80.0 Å².